The first-order valence-electron chi connectivity index (χ1n) is 7.69. The second kappa shape index (κ2) is 10.3. The van der Waals surface area contributed by atoms with Crippen molar-refractivity contribution < 1.29 is 9.47 Å². The van der Waals surface area contributed by atoms with E-state index in [-0.39, 0.29) is 5.38 Å². The summed E-state index contributed by atoms with van der Waals surface area (Å²) in [5, 5.41) is 0.00496. The minimum atomic E-state index is 0.00496. The van der Waals surface area contributed by atoms with Crippen molar-refractivity contribution in [2.24, 2.45) is 0 Å². The number of rotatable bonds is 10. The monoisotopic (exact) mass is 376 g/mol. The van der Waals surface area contributed by atoms with Crippen molar-refractivity contribution in [3.8, 4) is 11.5 Å². The van der Waals surface area contributed by atoms with Crippen LogP contribution < -0.4 is 9.47 Å². The summed E-state index contributed by atoms with van der Waals surface area (Å²) >= 11 is 10.1. The SMILES string of the molecule is CCCCCCCCC(Cl)c1cc(OC)c(OC)cc1Br. The molecule has 0 N–H and O–H groups in total. The van der Waals surface area contributed by atoms with Gasteiger partial charge >= 0.3 is 0 Å². The van der Waals surface area contributed by atoms with E-state index in [4.69, 9.17) is 21.1 Å². The molecule has 0 aliphatic heterocycles. The number of unbranched alkanes of at least 4 members (excludes halogenated alkanes) is 5. The van der Waals surface area contributed by atoms with Crippen LogP contribution in [0.15, 0.2) is 16.6 Å². The van der Waals surface area contributed by atoms with Crippen molar-refractivity contribution in [2.45, 2.75) is 57.2 Å². The highest BCUT2D eigenvalue weighted by Crippen LogP contribution is 2.39. The highest BCUT2D eigenvalue weighted by Gasteiger charge is 2.16. The van der Waals surface area contributed by atoms with Crippen LogP contribution in [0.4, 0.5) is 0 Å². The van der Waals surface area contributed by atoms with Crippen LogP contribution in [0.3, 0.4) is 0 Å². The molecule has 4 heteroatoms. The maximum Gasteiger partial charge on any atom is 0.161 e. The molecule has 1 unspecified atom stereocenters. The summed E-state index contributed by atoms with van der Waals surface area (Å²) in [6, 6.07) is 3.89. The van der Waals surface area contributed by atoms with E-state index >= 15 is 0 Å². The largest absolute Gasteiger partial charge is 0.493 e. The van der Waals surface area contributed by atoms with Gasteiger partial charge in [0, 0.05) is 4.47 Å². The Bertz CT molecular complexity index is 423. The Balaban J connectivity index is 2.55. The minimum absolute atomic E-state index is 0.00496. The van der Waals surface area contributed by atoms with Crippen LogP contribution >= 0.6 is 27.5 Å². The first-order chi connectivity index (χ1) is 10.1. The molecule has 0 saturated heterocycles. The fraction of sp³-hybridized carbons (Fsp3) is 0.647. The number of halogens is 2. The average molecular weight is 378 g/mol. The molecule has 2 nitrogen and oxygen atoms in total. The van der Waals surface area contributed by atoms with E-state index < -0.39 is 0 Å². The summed E-state index contributed by atoms with van der Waals surface area (Å²) in [5.74, 6) is 1.45. The number of methoxy groups -OCH3 is 2. The maximum absolute atomic E-state index is 6.55. The lowest BCUT2D eigenvalue weighted by Gasteiger charge is -2.15. The van der Waals surface area contributed by atoms with E-state index in [1.165, 1.54) is 38.5 Å². The predicted octanol–water partition coefficient (Wildman–Crippen LogP) is 6.50. The van der Waals surface area contributed by atoms with Crippen molar-refractivity contribution in [2.75, 3.05) is 14.2 Å². The molecule has 0 fully saturated rings. The van der Waals surface area contributed by atoms with Gasteiger partial charge in [0.1, 0.15) is 0 Å². The minimum Gasteiger partial charge on any atom is -0.493 e. The molecule has 0 bridgehead atoms. The Morgan fingerprint density at radius 2 is 1.57 bits per heavy atom. The molecule has 0 aliphatic carbocycles. The summed E-state index contributed by atoms with van der Waals surface area (Å²) in [4.78, 5) is 0. The van der Waals surface area contributed by atoms with Gasteiger partial charge in [-0.2, -0.15) is 0 Å². The molecule has 0 radical (unpaired) electrons. The molecule has 120 valence electrons. The van der Waals surface area contributed by atoms with E-state index in [9.17, 15) is 0 Å². The molecule has 21 heavy (non-hydrogen) atoms. The Morgan fingerprint density at radius 3 is 2.19 bits per heavy atom. The summed E-state index contributed by atoms with van der Waals surface area (Å²) < 4.78 is 11.6. The number of hydrogen-bond donors (Lipinski definition) is 0. The number of benzene rings is 1. The Hall–Kier alpha value is -0.410. The van der Waals surface area contributed by atoms with Crippen molar-refractivity contribution in [3.05, 3.63) is 22.2 Å². The van der Waals surface area contributed by atoms with Crippen LogP contribution in [0.25, 0.3) is 0 Å². The molecule has 0 heterocycles. The van der Waals surface area contributed by atoms with Crippen LogP contribution in [0, 0.1) is 0 Å². The third-order valence-corrected chi connectivity index (χ3v) is 4.79. The summed E-state index contributed by atoms with van der Waals surface area (Å²) in [5.41, 5.74) is 1.07. The molecule has 0 aromatic heterocycles. The van der Waals surface area contributed by atoms with Gasteiger partial charge in [-0.05, 0) is 24.1 Å². The third-order valence-electron chi connectivity index (χ3n) is 3.65. The third kappa shape index (κ3) is 6.07. The molecule has 1 rings (SSSR count). The lowest BCUT2D eigenvalue weighted by Crippen LogP contribution is -1.97. The Kier molecular flexibility index (Phi) is 9.18. The van der Waals surface area contributed by atoms with Gasteiger partial charge in [-0.3, -0.25) is 0 Å². The smallest absolute Gasteiger partial charge is 0.161 e. The first-order valence-corrected chi connectivity index (χ1v) is 8.92. The number of hydrogen-bond acceptors (Lipinski definition) is 2. The molecule has 0 aliphatic rings. The molecular formula is C17H26BrClO2. The van der Waals surface area contributed by atoms with Crippen LogP contribution in [-0.4, -0.2) is 14.2 Å². The van der Waals surface area contributed by atoms with Crippen molar-refractivity contribution >= 4 is 27.5 Å². The zero-order valence-electron chi connectivity index (χ0n) is 13.3. The topological polar surface area (TPSA) is 18.5 Å². The van der Waals surface area contributed by atoms with E-state index in [2.05, 4.69) is 22.9 Å². The van der Waals surface area contributed by atoms with Gasteiger partial charge in [0.15, 0.2) is 11.5 Å². The number of ether oxygens (including phenoxy) is 2. The quantitative estimate of drug-likeness (QED) is 0.342. The van der Waals surface area contributed by atoms with Gasteiger partial charge in [-0.25, -0.2) is 0 Å². The molecule has 1 aromatic rings. The van der Waals surface area contributed by atoms with Gasteiger partial charge in [0.25, 0.3) is 0 Å². The number of alkyl halides is 1. The van der Waals surface area contributed by atoms with Gasteiger partial charge in [-0.15, -0.1) is 11.6 Å². The van der Waals surface area contributed by atoms with Crippen molar-refractivity contribution in [3.63, 3.8) is 0 Å². The molecule has 0 amide bonds. The van der Waals surface area contributed by atoms with Gasteiger partial charge in [0.05, 0.1) is 19.6 Å². The highest BCUT2D eigenvalue weighted by atomic mass is 79.9. The van der Waals surface area contributed by atoms with Crippen molar-refractivity contribution in [1.82, 2.24) is 0 Å². The zero-order valence-corrected chi connectivity index (χ0v) is 15.6. The molecule has 1 aromatic carbocycles. The van der Waals surface area contributed by atoms with Gasteiger partial charge in [0.2, 0.25) is 0 Å². The molecule has 0 saturated carbocycles. The van der Waals surface area contributed by atoms with E-state index in [1.54, 1.807) is 14.2 Å². The molecule has 1 atom stereocenters. The van der Waals surface area contributed by atoms with Gasteiger partial charge in [-0.1, -0.05) is 61.4 Å². The maximum atomic E-state index is 6.55. The normalized spacial score (nSPS) is 12.2. The van der Waals surface area contributed by atoms with Crippen LogP contribution in [0.5, 0.6) is 11.5 Å². The summed E-state index contributed by atoms with van der Waals surface area (Å²) in [7, 11) is 3.28. The highest BCUT2D eigenvalue weighted by molar-refractivity contribution is 9.10. The van der Waals surface area contributed by atoms with Crippen LogP contribution in [-0.2, 0) is 0 Å². The summed E-state index contributed by atoms with van der Waals surface area (Å²) in [6.45, 7) is 2.24. The standard InChI is InChI=1S/C17H26BrClO2/c1-4-5-6-7-8-9-10-15(19)13-11-16(20-2)17(21-3)12-14(13)18/h11-12,15H,4-10H2,1-3H3. The lowest BCUT2D eigenvalue weighted by atomic mass is 10.0. The zero-order chi connectivity index (χ0) is 15.7. The Morgan fingerprint density at radius 1 is 1.00 bits per heavy atom. The van der Waals surface area contributed by atoms with Crippen LogP contribution in [0.1, 0.15) is 62.8 Å². The van der Waals surface area contributed by atoms with E-state index in [1.807, 2.05) is 12.1 Å². The summed E-state index contributed by atoms with van der Waals surface area (Å²) in [6.07, 6.45) is 8.69. The average Bonchev–Trinajstić information content (AvgIpc) is 2.50. The van der Waals surface area contributed by atoms with Crippen LogP contribution in [0.2, 0.25) is 0 Å². The van der Waals surface area contributed by atoms with Gasteiger partial charge < -0.3 is 9.47 Å². The van der Waals surface area contributed by atoms with E-state index in [0.717, 1.165) is 28.0 Å². The lowest BCUT2D eigenvalue weighted by molar-refractivity contribution is 0.354. The molecule has 0 spiro atoms. The van der Waals surface area contributed by atoms with Crippen molar-refractivity contribution in [1.29, 1.82) is 0 Å². The Labute approximate surface area is 142 Å². The molecular weight excluding hydrogens is 352 g/mol. The second-order valence-electron chi connectivity index (χ2n) is 5.25. The second-order valence-corrected chi connectivity index (χ2v) is 6.63. The van der Waals surface area contributed by atoms with E-state index in [0.29, 0.717) is 0 Å². The fourth-order valence-corrected chi connectivity index (χ4v) is 3.43. The predicted molar refractivity (Wildman–Crippen MR) is 93.8 cm³/mol. The fourth-order valence-electron chi connectivity index (χ4n) is 2.37. The first kappa shape index (κ1) is 18.6.